The van der Waals surface area contributed by atoms with E-state index in [9.17, 15) is 26.3 Å². The van der Waals surface area contributed by atoms with Gasteiger partial charge in [-0.25, -0.2) is 0 Å². The van der Waals surface area contributed by atoms with Crippen molar-refractivity contribution < 1.29 is 31.1 Å². The molecule has 0 saturated carbocycles. The van der Waals surface area contributed by atoms with E-state index in [1.807, 2.05) is 0 Å². The lowest BCUT2D eigenvalue weighted by atomic mass is 9.97. The van der Waals surface area contributed by atoms with Crippen LogP contribution in [0.3, 0.4) is 0 Å². The van der Waals surface area contributed by atoms with Crippen LogP contribution >= 0.6 is 24.0 Å². The van der Waals surface area contributed by atoms with Gasteiger partial charge in [-0.3, -0.25) is 0 Å². The highest BCUT2D eigenvalue weighted by Crippen LogP contribution is 2.38. The van der Waals surface area contributed by atoms with Crippen LogP contribution < -0.4 is 10.5 Å². The summed E-state index contributed by atoms with van der Waals surface area (Å²) in [5.41, 5.74) is 5.15. The number of benzene rings is 2. The molecule has 0 heterocycles. The SMILES string of the molecule is Cl.N[C@H](c1ccc(OC(F)(F)F)cc1)c1cccc(C(F)(F)F)c1Cl. The fourth-order valence-corrected chi connectivity index (χ4v) is 2.42. The van der Waals surface area contributed by atoms with Crippen molar-refractivity contribution in [2.24, 2.45) is 5.73 Å². The number of rotatable bonds is 3. The molecule has 1 atom stereocenters. The van der Waals surface area contributed by atoms with Crippen molar-refractivity contribution in [3.8, 4) is 5.75 Å². The monoisotopic (exact) mass is 405 g/mol. The van der Waals surface area contributed by atoms with E-state index in [0.29, 0.717) is 0 Å². The summed E-state index contributed by atoms with van der Waals surface area (Å²) in [7, 11) is 0. The molecule has 25 heavy (non-hydrogen) atoms. The largest absolute Gasteiger partial charge is 0.573 e. The molecule has 0 spiro atoms. The van der Waals surface area contributed by atoms with Gasteiger partial charge in [-0.05, 0) is 29.3 Å². The molecular weight excluding hydrogens is 395 g/mol. The third-order valence-electron chi connectivity index (χ3n) is 3.14. The average Bonchev–Trinajstić information content (AvgIpc) is 2.44. The third-order valence-corrected chi connectivity index (χ3v) is 3.56. The molecule has 0 aromatic heterocycles. The molecule has 0 aliphatic carbocycles. The number of hydrogen-bond donors (Lipinski definition) is 1. The van der Waals surface area contributed by atoms with E-state index in [2.05, 4.69) is 4.74 Å². The zero-order valence-electron chi connectivity index (χ0n) is 12.2. The quantitative estimate of drug-likeness (QED) is 0.662. The summed E-state index contributed by atoms with van der Waals surface area (Å²) >= 11 is 5.78. The van der Waals surface area contributed by atoms with Gasteiger partial charge >= 0.3 is 12.5 Å². The summed E-state index contributed by atoms with van der Waals surface area (Å²) in [6.07, 6.45) is -9.48. The summed E-state index contributed by atoms with van der Waals surface area (Å²) in [4.78, 5) is 0. The second-order valence-electron chi connectivity index (χ2n) is 4.80. The zero-order chi connectivity index (χ0) is 18.1. The van der Waals surface area contributed by atoms with E-state index in [1.165, 1.54) is 18.2 Å². The lowest BCUT2D eigenvalue weighted by molar-refractivity contribution is -0.274. The van der Waals surface area contributed by atoms with Crippen LogP contribution in [-0.2, 0) is 6.18 Å². The fourth-order valence-electron chi connectivity index (χ4n) is 2.07. The van der Waals surface area contributed by atoms with Crippen LogP contribution in [-0.4, -0.2) is 6.36 Å². The maximum Gasteiger partial charge on any atom is 0.573 e. The van der Waals surface area contributed by atoms with Gasteiger partial charge in [0.25, 0.3) is 0 Å². The maximum atomic E-state index is 12.9. The average molecular weight is 406 g/mol. The number of hydrogen-bond acceptors (Lipinski definition) is 2. The molecule has 0 unspecified atom stereocenters. The first-order valence-electron chi connectivity index (χ1n) is 6.46. The number of ether oxygens (including phenoxy) is 1. The standard InChI is InChI=1S/C15H10ClF6NO.ClH/c16-12-10(2-1-3-11(12)14(17,18)19)13(23)8-4-6-9(7-5-8)24-15(20,21)22;/h1-7,13H,23H2;1H/t13-;/m1./s1. The first-order valence-corrected chi connectivity index (χ1v) is 6.84. The van der Waals surface area contributed by atoms with Crippen molar-refractivity contribution in [3.05, 3.63) is 64.2 Å². The lowest BCUT2D eigenvalue weighted by Crippen LogP contribution is -2.17. The van der Waals surface area contributed by atoms with Crippen molar-refractivity contribution in [2.45, 2.75) is 18.6 Å². The van der Waals surface area contributed by atoms with Gasteiger partial charge in [0.2, 0.25) is 0 Å². The molecule has 0 saturated heterocycles. The Morgan fingerprint density at radius 1 is 0.920 bits per heavy atom. The van der Waals surface area contributed by atoms with Gasteiger partial charge in [-0.2, -0.15) is 13.2 Å². The molecule has 2 aromatic rings. The van der Waals surface area contributed by atoms with Crippen LogP contribution in [0, 0.1) is 0 Å². The van der Waals surface area contributed by atoms with Gasteiger partial charge in [0.15, 0.2) is 0 Å². The molecule has 0 amide bonds. The molecule has 0 bridgehead atoms. The Morgan fingerprint density at radius 2 is 1.48 bits per heavy atom. The summed E-state index contributed by atoms with van der Waals surface area (Å²) < 4.78 is 78.6. The topological polar surface area (TPSA) is 35.2 Å². The minimum Gasteiger partial charge on any atom is -0.406 e. The summed E-state index contributed by atoms with van der Waals surface area (Å²) in [5, 5.41) is -0.548. The van der Waals surface area contributed by atoms with Gasteiger partial charge in [0, 0.05) is 0 Å². The fraction of sp³-hybridized carbons (Fsp3) is 0.200. The van der Waals surface area contributed by atoms with Crippen molar-refractivity contribution in [1.82, 2.24) is 0 Å². The Labute approximate surface area is 149 Å². The first kappa shape index (κ1) is 21.4. The molecule has 138 valence electrons. The maximum absolute atomic E-state index is 12.9. The first-order chi connectivity index (χ1) is 11.0. The lowest BCUT2D eigenvalue weighted by Gasteiger charge is -2.18. The van der Waals surface area contributed by atoms with Gasteiger partial charge in [0.1, 0.15) is 5.75 Å². The number of alkyl halides is 6. The zero-order valence-corrected chi connectivity index (χ0v) is 13.7. The number of nitrogens with two attached hydrogens (primary N) is 1. The van der Waals surface area contributed by atoms with Crippen molar-refractivity contribution in [1.29, 1.82) is 0 Å². The molecule has 2 aromatic carbocycles. The second kappa shape index (κ2) is 7.72. The van der Waals surface area contributed by atoms with Crippen LogP contribution in [0.4, 0.5) is 26.3 Å². The molecular formula is C15H11Cl2F6NO. The van der Waals surface area contributed by atoms with Gasteiger partial charge < -0.3 is 10.5 Å². The van der Waals surface area contributed by atoms with E-state index in [4.69, 9.17) is 17.3 Å². The molecule has 10 heteroatoms. The Balaban J connectivity index is 0.00000312. The van der Waals surface area contributed by atoms with Gasteiger partial charge in [-0.15, -0.1) is 25.6 Å². The van der Waals surface area contributed by atoms with E-state index in [0.717, 1.165) is 24.3 Å². The molecule has 0 radical (unpaired) electrons. The minimum atomic E-state index is -4.84. The molecule has 2 rings (SSSR count). The van der Waals surface area contributed by atoms with Gasteiger partial charge in [-0.1, -0.05) is 35.9 Å². The van der Waals surface area contributed by atoms with Crippen LogP contribution in [0.15, 0.2) is 42.5 Å². The molecule has 0 aliphatic heterocycles. The van der Waals surface area contributed by atoms with Crippen molar-refractivity contribution in [3.63, 3.8) is 0 Å². The molecule has 2 N–H and O–H groups in total. The molecule has 0 aliphatic rings. The van der Waals surface area contributed by atoms with Crippen molar-refractivity contribution in [2.75, 3.05) is 0 Å². The smallest absolute Gasteiger partial charge is 0.406 e. The Bertz CT molecular complexity index is 715. The van der Waals surface area contributed by atoms with Crippen LogP contribution in [0.5, 0.6) is 5.75 Å². The predicted molar refractivity (Wildman–Crippen MR) is 82.9 cm³/mol. The summed E-state index contributed by atoms with van der Waals surface area (Å²) in [5.74, 6) is -0.464. The third kappa shape index (κ3) is 5.42. The van der Waals surface area contributed by atoms with Gasteiger partial charge in [0.05, 0.1) is 16.6 Å². The summed E-state index contributed by atoms with van der Waals surface area (Å²) in [6, 6.07) is 6.74. The number of halogens is 8. The van der Waals surface area contributed by atoms with Crippen LogP contribution in [0.25, 0.3) is 0 Å². The highest BCUT2D eigenvalue weighted by molar-refractivity contribution is 6.32. The normalized spacial score (nSPS) is 13.1. The Morgan fingerprint density at radius 3 is 1.96 bits per heavy atom. The predicted octanol–water partition coefficient (Wildman–Crippen LogP) is 5.73. The van der Waals surface area contributed by atoms with E-state index in [-0.39, 0.29) is 23.5 Å². The minimum absolute atomic E-state index is 0. The Kier molecular flexibility index (Phi) is 6.61. The van der Waals surface area contributed by atoms with Crippen LogP contribution in [0.1, 0.15) is 22.7 Å². The molecule has 2 nitrogen and oxygen atoms in total. The molecule has 0 fully saturated rings. The second-order valence-corrected chi connectivity index (χ2v) is 5.18. The van der Waals surface area contributed by atoms with Crippen LogP contribution in [0.2, 0.25) is 5.02 Å². The van der Waals surface area contributed by atoms with E-state index in [1.54, 1.807) is 0 Å². The van der Waals surface area contributed by atoms with E-state index < -0.39 is 34.9 Å². The highest BCUT2D eigenvalue weighted by Gasteiger charge is 2.34. The highest BCUT2D eigenvalue weighted by atomic mass is 35.5. The summed E-state index contributed by atoms with van der Waals surface area (Å²) in [6.45, 7) is 0. The Hall–Kier alpha value is -1.64. The van der Waals surface area contributed by atoms with E-state index >= 15 is 0 Å². The van der Waals surface area contributed by atoms with Crippen molar-refractivity contribution >= 4 is 24.0 Å².